The maximum absolute atomic E-state index is 12.9. The van der Waals surface area contributed by atoms with Gasteiger partial charge in [0.1, 0.15) is 11.4 Å². The van der Waals surface area contributed by atoms with E-state index in [1.807, 2.05) is 48.5 Å². The van der Waals surface area contributed by atoms with E-state index >= 15 is 0 Å². The van der Waals surface area contributed by atoms with Crippen molar-refractivity contribution in [2.75, 3.05) is 6.61 Å². The number of rotatable bonds is 11. The Morgan fingerprint density at radius 1 is 0.941 bits per heavy atom. The van der Waals surface area contributed by atoms with E-state index in [0.29, 0.717) is 29.5 Å². The fraction of sp³-hybridized carbons (Fsp3) is 0.714. The second-order valence-corrected chi connectivity index (χ2v) is 11.8. The fourth-order valence-corrected chi connectivity index (χ4v) is 3.57. The summed E-state index contributed by atoms with van der Waals surface area (Å²) in [6.45, 7) is 19.7. The van der Waals surface area contributed by atoms with Crippen molar-refractivity contribution >= 4 is 11.9 Å². The Balaban J connectivity index is 2.82. The van der Waals surface area contributed by atoms with E-state index in [2.05, 4.69) is 6.92 Å². The maximum Gasteiger partial charge on any atom is 0.345 e. The number of unbranched alkanes of at least 4 members (excludes halogenated alkanes) is 1. The number of benzene rings is 1. The van der Waals surface area contributed by atoms with Crippen LogP contribution < -0.4 is 0 Å². The van der Waals surface area contributed by atoms with Crippen LogP contribution in [0.3, 0.4) is 0 Å². The Labute approximate surface area is 206 Å². The first-order valence-corrected chi connectivity index (χ1v) is 12.5. The first kappa shape index (κ1) is 30.0. The van der Waals surface area contributed by atoms with Crippen LogP contribution in [-0.2, 0) is 30.1 Å². The Bertz CT molecular complexity index is 791. The molecule has 0 saturated heterocycles. The van der Waals surface area contributed by atoms with Crippen LogP contribution in [-0.4, -0.2) is 29.3 Å². The molecule has 1 rings (SSSR count). The van der Waals surface area contributed by atoms with Crippen LogP contribution in [0.4, 0.5) is 0 Å². The molecule has 1 N–H and O–H groups in total. The normalized spacial score (nSPS) is 13.5. The van der Waals surface area contributed by atoms with Gasteiger partial charge in [-0.05, 0) is 49.7 Å². The number of aromatic hydroxyl groups is 1. The minimum atomic E-state index is -0.804. The summed E-state index contributed by atoms with van der Waals surface area (Å²) >= 11 is 0. The molecule has 1 atom stereocenters. The number of hydrogen-bond acceptors (Lipinski definition) is 6. The fourth-order valence-electron chi connectivity index (χ4n) is 3.57. The highest BCUT2D eigenvalue weighted by Crippen LogP contribution is 2.40. The molecule has 1 aromatic carbocycles. The molecule has 0 aromatic heterocycles. The molecular weight excluding hydrogens is 432 g/mol. The summed E-state index contributed by atoms with van der Waals surface area (Å²) < 4.78 is 5.53. The zero-order valence-corrected chi connectivity index (χ0v) is 23.0. The quantitative estimate of drug-likeness (QED) is 0.209. The van der Waals surface area contributed by atoms with E-state index in [1.54, 1.807) is 26.0 Å². The van der Waals surface area contributed by atoms with Crippen molar-refractivity contribution in [1.82, 2.24) is 0 Å². The van der Waals surface area contributed by atoms with E-state index in [1.165, 1.54) is 0 Å². The molecule has 6 nitrogen and oxygen atoms in total. The predicted octanol–water partition coefficient (Wildman–Crippen LogP) is 7.00. The van der Waals surface area contributed by atoms with Gasteiger partial charge in [-0.25, -0.2) is 9.59 Å². The van der Waals surface area contributed by atoms with Crippen molar-refractivity contribution < 1.29 is 29.2 Å². The standard InChI is InChI=1S/C28H46O6/c1-11-13-14-19(12-2)25(31)33-34-28(9,10)15-16-32-24(30)20-17-21(26(3,4)5)23(29)22(18-20)27(6,7)8/h17-19,29H,11-16H2,1-10H3. The zero-order valence-electron chi connectivity index (χ0n) is 23.0. The van der Waals surface area contributed by atoms with Gasteiger partial charge in [0.25, 0.3) is 0 Å². The minimum Gasteiger partial charge on any atom is -0.507 e. The van der Waals surface area contributed by atoms with Gasteiger partial charge in [-0.3, -0.25) is 4.89 Å². The minimum absolute atomic E-state index is 0.104. The smallest absolute Gasteiger partial charge is 0.345 e. The monoisotopic (exact) mass is 478 g/mol. The van der Waals surface area contributed by atoms with Crippen LogP contribution >= 0.6 is 0 Å². The summed E-state index contributed by atoms with van der Waals surface area (Å²) in [7, 11) is 0. The lowest BCUT2D eigenvalue weighted by Gasteiger charge is -2.28. The third-order valence-electron chi connectivity index (χ3n) is 5.98. The summed E-state index contributed by atoms with van der Waals surface area (Å²) in [4.78, 5) is 35.7. The zero-order chi connectivity index (χ0) is 26.3. The van der Waals surface area contributed by atoms with Crippen molar-refractivity contribution in [1.29, 1.82) is 0 Å². The molecule has 0 bridgehead atoms. The van der Waals surface area contributed by atoms with Gasteiger partial charge in [-0.1, -0.05) is 68.2 Å². The molecule has 1 aromatic rings. The molecule has 0 heterocycles. The summed E-state index contributed by atoms with van der Waals surface area (Å²) in [5.41, 5.74) is 0.328. The lowest BCUT2D eigenvalue weighted by Crippen LogP contribution is -2.30. The molecule has 0 fully saturated rings. The number of carbonyl (C=O) groups excluding carboxylic acids is 2. The third kappa shape index (κ3) is 8.94. The molecule has 0 aliphatic carbocycles. The maximum atomic E-state index is 12.9. The second kappa shape index (κ2) is 12.1. The van der Waals surface area contributed by atoms with Gasteiger partial charge in [-0.2, -0.15) is 4.89 Å². The summed E-state index contributed by atoms with van der Waals surface area (Å²) in [6, 6.07) is 3.41. The van der Waals surface area contributed by atoms with Crippen LogP contribution in [0.15, 0.2) is 12.1 Å². The van der Waals surface area contributed by atoms with Crippen molar-refractivity contribution in [2.24, 2.45) is 5.92 Å². The number of phenolic OH excluding ortho intramolecular Hbond substituents is 1. The van der Waals surface area contributed by atoms with E-state index < -0.39 is 11.6 Å². The van der Waals surface area contributed by atoms with Gasteiger partial charge in [0, 0.05) is 17.5 Å². The van der Waals surface area contributed by atoms with Gasteiger partial charge in [0.15, 0.2) is 0 Å². The highest BCUT2D eigenvalue weighted by molar-refractivity contribution is 5.90. The molecule has 34 heavy (non-hydrogen) atoms. The van der Waals surface area contributed by atoms with E-state index in [4.69, 9.17) is 14.5 Å². The highest BCUT2D eigenvalue weighted by atomic mass is 17.2. The van der Waals surface area contributed by atoms with Gasteiger partial charge in [0.2, 0.25) is 0 Å². The summed E-state index contributed by atoms with van der Waals surface area (Å²) in [5.74, 6) is -0.766. The first-order chi connectivity index (χ1) is 15.5. The topological polar surface area (TPSA) is 82.1 Å². The number of esters is 1. The molecule has 0 radical (unpaired) electrons. The number of hydrogen-bond donors (Lipinski definition) is 1. The summed E-state index contributed by atoms with van der Waals surface area (Å²) in [6.07, 6.45) is 3.84. The first-order valence-electron chi connectivity index (χ1n) is 12.5. The Kier molecular flexibility index (Phi) is 10.6. The van der Waals surface area contributed by atoms with Crippen molar-refractivity contribution in [3.8, 4) is 5.75 Å². The van der Waals surface area contributed by atoms with Crippen molar-refractivity contribution in [3.63, 3.8) is 0 Å². The number of ether oxygens (including phenoxy) is 1. The molecule has 6 heteroatoms. The van der Waals surface area contributed by atoms with Crippen LogP contribution in [0.1, 0.15) is 123 Å². The van der Waals surface area contributed by atoms with Crippen LogP contribution in [0.5, 0.6) is 5.75 Å². The van der Waals surface area contributed by atoms with Gasteiger partial charge >= 0.3 is 11.9 Å². The molecule has 194 valence electrons. The predicted molar refractivity (Wildman–Crippen MR) is 135 cm³/mol. The lowest BCUT2D eigenvalue weighted by atomic mass is 9.78. The van der Waals surface area contributed by atoms with Crippen LogP contribution in [0.2, 0.25) is 0 Å². The molecular formula is C28H46O6. The average molecular weight is 479 g/mol. The SMILES string of the molecule is CCCCC(CC)C(=O)OOC(C)(C)CCOC(=O)c1cc(C(C)(C)C)c(O)c(C(C)(C)C)c1. The molecule has 1 unspecified atom stereocenters. The Morgan fingerprint density at radius 3 is 1.91 bits per heavy atom. The van der Waals surface area contributed by atoms with Crippen LogP contribution in [0.25, 0.3) is 0 Å². The molecule has 0 spiro atoms. The van der Waals surface area contributed by atoms with Gasteiger partial charge < -0.3 is 9.84 Å². The highest BCUT2D eigenvalue weighted by Gasteiger charge is 2.29. The molecule has 0 aliphatic heterocycles. The lowest BCUT2D eigenvalue weighted by molar-refractivity contribution is -0.329. The number of carbonyl (C=O) groups is 2. The van der Waals surface area contributed by atoms with E-state index in [-0.39, 0.29) is 35.1 Å². The third-order valence-corrected chi connectivity index (χ3v) is 5.98. The average Bonchev–Trinajstić information content (AvgIpc) is 2.71. The van der Waals surface area contributed by atoms with E-state index in [9.17, 15) is 14.7 Å². The molecule has 0 aliphatic rings. The van der Waals surface area contributed by atoms with Gasteiger partial charge in [0.05, 0.1) is 18.1 Å². The van der Waals surface area contributed by atoms with E-state index in [0.717, 1.165) is 19.3 Å². The van der Waals surface area contributed by atoms with Crippen LogP contribution in [0, 0.1) is 5.92 Å². The molecule has 0 amide bonds. The van der Waals surface area contributed by atoms with Crippen molar-refractivity contribution in [2.45, 2.75) is 118 Å². The summed E-state index contributed by atoms with van der Waals surface area (Å²) in [5, 5.41) is 10.8. The largest absolute Gasteiger partial charge is 0.507 e. The number of phenols is 1. The molecule has 0 saturated carbocycles. The second-order valence-electron chi connectivity index (χ2n) is 11.8. The Hall–Kier alpha value is -2.08. The Morgan fingerprint density at radius 2 is 1.47 bits per heavy atom. The van der Waals surface area contributed by atoms with Gasteiger partial charge in [-0.15, -0.1) is 0 Å². The van der Waals surface area contributed by atoms with Crippen molar-refractivity contribution in [3.05, 3.63) is 28.8 Å².